The Kier molecular flexibility index (Phi) is 5.58. The highest BCUT2D eigenvalue weighted by molar-refractivity contribution is 5.87. The molecule has 4 rings (SSSR count). The van der Waals surface area contributed by atoms with Crippen LogP contribution in [-0.2, 0) is 11.3 Å². The number of fused-ring (bicyclic) bond motifs is 1. The molecular weight excluding hydrogens is 347 g/mol. The average Bonchev–Trinajstić information content (AvgIpc) is 3.00. The molecular formula is C17H22Cl2N4O. The number of rotatable bonds is 2. The Morgan fingerprint density at radius 2 is 1.96 bits per heavy atom. The Hall–Kier alpha value is -1.56. The molecule has 2 aliphatic rings. The Bertz CT molecular complexity index is 700. The standard InChI is InChI=1S/C17H20N4O.2ClH/c18-17(7-4-8-17)16(22)21-9-13(12-5-2-1-3-6-12)15-14(10-21)19-11-20-15;;/h1-3,5-6,11,13H,4,7-10,18H2,(H,19,20);2*1H. The summed E-state index contributed by atoms with van der Waals surface area (Å²) in [5.74, 6) is 0.198. The molecule has 1 saturated carbocycles. The van der Waals surface area contributed by atoms with Crippen molar-refractivity contribution in [3.05, 3.63) is 53.6 Å². The summed E-state index contributed by atoms with van der Waals surface area (Å²) in [5, 5.41) is 0. The van der Waals surface area contributed by atoms with Gasteiger partial charge < -0.3 is 15.6 Å². The fourth-order valence-corrected chi connectivity index (χ4v) is 3.51. The first kappa shape index (κ1) is 18.8. The number of halogens is 2. The average molecular weight is 369 g/mol. The lowest BCUT2D eigenvalue weighted by atomic mass is 9.76. The van der Waals surface area contributed by atoms with Gasteiger partial charge in [0.2, 0.25) is 5.91 Å². The maximum Gasteiger partial charge on any atom is 0.243 e. The van der Waals surface area contributed by atoms with Crippen molar-refractivity contribution >= 4 is 30.7 Å². The van der Waals surface area contributed by atoms with Gasteiger partial charge in [-0.15, -0.1) is 24.8 Å². The van der Waals surface area contributed by atoms with Crippen LogP contribution in [0.1, 0.15) is 42.1 Å². The van der Waals surface area contributed by atoms with Gasteiger partial charge >= 0.3 is 0 Å². The molecule has 1 aliphatic heterocycles. The Labute approximate surface area is 153 Å². The maximum atomic E-state index is 12.8. The van der Waals surface area contributed by atoms with Crippen LogP contribution in [0.5, 0.6) is 0 Å². The van der Waals surface area contributed by atoms with E-state index < -0.39 is 5.54 Å². The molecule has 5 nitrogen and oxygen atoms in total. The number of nitrogens with two attached hydrogens (primary N) is 1. The predicted octanol–water partition coefficient (Wildman–Crippen LogP) is 2.61. The normalized spacial score (nSPS) is 20.9. The third-order valence-electron chi connectivity index (χ3n) is 4.99. The number of nitrogens with one attached hydrogen (secondary N) is 1. The lowest BCUT2D eigenvalue weighted by Crippen LogP contribution is -2.60. The molecule has 0 spiro atoms. The lowest BCUT2D eigenvalue weighted by Gasteiger charge is -2.42. The first-order chi connectivity index (χ1) is 10.7. The molecule has 1 amide bonds. The summed E-state index contributed by atoms with van der Waals surface area (Å²) >= 11 is 0. The van der Waals surface area contributed by atoms with Crippen molar-refractivity contribution in [3.8, 4) is 0 Å². The van der Waals surface area contributed by atoms with Gasteiger partial charge in [0, 0.05) is 12.5 Å². The largest absolute Gasteiger partial charge is 0.347 e. The lowest BCUT2D eigenvalue weighted by molar-refractivity contribution is -0.141. The van der Waals surface area contributed by atoms with E-state index in [0.717, 1.165) is 30.7 Å². The van der Waals surface area contributed by atoms with Crippen LogP contribution in [-0.4, -0.2) is 32.9 Å². The first-order valence-corrected chi connectivity index (χ1v) is 7.83. The highest BCUT2D eigenvalue weighted by Crippen LogP contribution is 2.36. The van der Waals surface area contributed by atoms with E-state index in [0.29, 0.717) is 13.1 Å². The second kappa shape index (κ2) is 7.13. The smallest absolute Gasteiger partial charge is 0.243 e. The molecule has 0 saturated heterocycles. The van der Waals surface area contributed by atoms with E-state index in [1.807, 2.05) is 23.1 Å². The molecule has 130 valence electrons. The number of carbonyl (C=O) groups excluding carboxylic acids is 1. The fourth-order valence-electron chi connectivity index (χ4n) is 3.51. The summed E-state index contributed by atoms with van der Waals surface area (Å²) in [6, 6.07) is 10.2. The minimum Gasteiger partial charge on any atom is -0.347 e. The van der Waals surface area contributed by atoms with E-state index in [2.05, 4.69) is 22.1 Å². The first-order valence-electron chi connectivity index (χ1n) is 7.83. The van der Waals surface area contributed by atoms with E-state index in [4.69, 9.17) is 5.73 Å². The van der Waals surface area contributed by atoms with Crippen molar-refractivity contribution in [3.63, 3.8) is 0 Å². The van der Waals surface area contributed by atoms with Crippen molar-refractivity contribution in [2.75, 3.05) is 6.54 Å². The van der Waals surface area contributed by atoms with Crippen molar-refractivity contribution in [2.45, 2.75) is 37.3 Å². The van der Waals surface area contributed by atoms with Crippen molar-refractivity contribution in [2.24, 2.45) is 5.73 Å². The highest BCUT2D eigenvalue weighted by Gasteiger charge is 2.44. The SMILES string of the molecule is Cl.Cl.NC1(C(=O)N2Cc3[nH]cnc3C(c3ccccc3)C2)CCC1. The van der Waals surface area contributed by atoms with Gasteiger partial charge in [0.25, 0.3) is 0 Å². The Morgan fingerprint density at radius 1 is 1.25 bits per heavy atom. The molecule has 1 aromatic carbocycles. The van der Waals surface area contributed by atoms with Crippen LogP contribution in [0.15, 0.2) is 36.7 Å². The zero-order valence-corrected chi connectivity index (χ0v) is 14.9. The minimum atomic E-state index is -0.640. The molecule has 1 aromatic heterocycles. The molecule has 1 unspecified atom stereocenters. The van der Waals surface area contributed by atoms with Gasteiger partial charge in [0.05, 0.1) is 29.8 Å². The molecule has 1 fully saturated rings. The van der Waals surface area contributed by atoms with Gasteiger partial charge in [-0.05, 0) is 24.8 Å². The molecule has 2 heterocycles. The maximum absolute atomic E-state index is 12.8. The van der Waals surface area contributed by atoms with Crippen LogP contribution in [0, 0.1) is 0 Å². The zero-order valence-electron chi connectivity index (χ0n) is 13.3. The van der Waals surface area contributed by atoms with Crippen LogP contribution in [0.25, 0.3) is 0 Å². The quantitative estimate of drug-likeness (QED) is 0.855. The summed E-state index contributed by atoms with van der Waals surface area (Å²) in [6.07, 6.45) is 4.37. The number of benzene rings is 1. The zero-order chi connectivity index (χ0) is 15.2. The Balaban J connectivity index is 0.00000104. The van der Waals surface area contributed by atoms with Gasteiger partial charge in [-0.3, -0.25) is 4.79 Å². The number of aromatic nitrogens is 2. The fraction of sp³-hybridized carbons (Fsp3) is 0.412. The van der Waals surface area contributed by atoms with Crippen LogP contribution in [0.2, 0.25) is 0 Å². The predicted molar refractivity (Wildman–Crippen MR) is 97.6 cm³/mol. The summed E-state index contributed by atoms with van der Waals surface area (Å²) in [7, 11) is 0. The van der Waals surface area contributed by atoms with Crippen LogP contribution < -0.4 is 5.73 Å². The van der Waals surface area contributed by atoms with E-state index in [1.165, 1.54) is 5.56 Å². The number of aromatic amines is 1. The van der Waals surface area contributed by atoms with Gasteiger partial charge in [0.15, 0.2) is 0 Å². The van der Waals surface area contributed by atoms with E-state index in [-0.39, 0.29) is 36.6 Å². The number of imidazole rings is 1. The van der Waals surface area contributed by atoms with E-state index in [1.54, 1.807) is 6.33 Å². The second-order valence-electron chi connectivity index (χ2n) is 6.42. The molecule has 3 N–H and O–H groups in total. The van der Waals surface area contributed by atoms with Crippen LogP contribution in [0.3, 0.4) is 0 Å². The van der Waals surface area contributed by atoms with E-state index >= 15 is 0 Å². The molecule has 7 heteroatoms. The number of nitrogens with zero attached hydrogens (tertiary/aromatic N) is 2. The molecule has 2 aromatic rings. The van der Waals surface area contributed by atoms with Crippen LogP contribution in [0.4, 0.5) is 0 Å². The highest BCUT2D eigenvalue weighted by atomic mass is 35.5. The van der Waals surface area contributed by atoms with Crippen molar-refractivity contribution < 1.29 is 4.79 Å². The van der Waals surface area contributed by atoms with Gasteiger partial charge in [-0.1, -0.05) is 30.3 Å². The third kappa shape index (κ3) is 3.04. The van der Waals surface area contributed by atoms with Crippen molar-refractivity contribution in [1.82, 2.24) is 14.9 Å². The number of hydrogen-bond acceptors (Lipinski definition) is 3. The molecule has 0 bridgehead atoms. The number of carbonyl (C=O) groups is 1. The summed E-state index contributed by atoms with van der Waals surface area (Å²) in [4.78, 5) is 22.3. The summed E-state index contributed by atoms with van der Waals surface area (Å²) in [5.41, 5.74) is 8.86. The van der Waals surface area contributed by atoms with Crippen LogP contribution >= 0.6 is 24.8 Å². The van der Waals surface area contributed by atoms with Gasteiger partial charge in [-0.2, -0.15) is 0 Å². The molecule has 1 atom stereocenters. The second-order valence-corrected chi connectivity index (χ2v) is 6.42. The van der Waals surface area contributed by atoms with Crippen molar-refractivity contribution in [1.29, 1.82) is 0 Å². The number of H-pyrrole nitrogens is 1. The monoisotopic (exact) mass is 368 g/mol. The molecule has 24 heavy (non-hydrogen) atoms. The molecule has 1 aliphatic carbocycles. The topological polar surface area (TPSA) is 75.0 Å². The number of amides is 1. The summed E-state index contributed by atoms with van der Waals surface area (Å²) < 4.78 is 0. The van der Waals surface area contributed by atoms with Gasteiger partial charge in [-0.25, -0.2) is 4.98 Å². The van der Waals surface area contributed by atoms with Gasteiger partial charge in [0.1, 0.15) is 0 Å². The third-order valence-corrected chi connectivity index (χ3v) is 4.99. The van der Waals surface area contributed by atoms with E-state index in [9.17, 15) is 4.79 Å². The molecule has 0 radical (unpaired) electrons. The minimum absolute atomic E-state index is 0. The number of hydrogen-bond donors (Lipinski definition) is 2. The summed E-state index contributed by atoms with van der Waals surface area (Å²) in [6.45, 7) is 1.23. The Morgan fingerprint density at radius 3 is 2.58 bits per heavy atom.